The summed E-state index contributed by atoms with van der Waals surface area (Å²) in [5, 5.41) is 9.49. The van der Waals surface area contributed by atoms with Gasteiger partial charge in [0.05, 0.1) is 11.0 Å². The molecule has 21 heavy (non-hydrogen) atoms. The van der Waals surface area contributed by atoms with E-state index in [9.17, 15) is 22.3 Å². The lowest BCUT2D eigenvalue weighted by molar-refractivity contribution is -0.0498. The molecule has 0 radical (unpaired) electrons. The Morgan fingerprint density at radius 2 is 1.86 bits per heavy atom. The fourth-order valence-electron chi connectivity index (χ4n) is 1.91. The van der Waals surface area contributed by atoms with Crippen LogP contribution in [0.5, 0.6) is 5.75 Å². The maximum atomic E-state index is 12.2. The minimum absolute atomic E-state index is 0. The van der Waals surface area contributed by atoms with Gasteiger partial charge in [0, 0.05) is 19.1 Å². The summed E-state index contributed by atoms with van der Waals surface area (Å²) in [4.78, 5) is -0.0691. The predicted molar refractivity (Wildman–Crippen MR) is 73.1 cm³/mol. The van der Waals surface area contributed by atoms with Crippen LogP contribution in [0.1, 0.15) is 0 Å². The van der Waals surface area contributed by atoms with E-state index in [-0.39, 0.29) is 36.1 Å². The van der Waals surface area contributed by atoms with Crippen LogP contribution in [0.15, 0.2) is 29.2 Å². The molecule has 2 atom stereocenters. The van der Waals surface area contributed by atoms with Crippen LogP contribution in [0.4, 0.5) is 8.78 Å². The normalized spacial score (nSPS) is 23.1. The molecule has 0 aromatic heterocycles. The van der Waals surface area contributed by atoms with Gasteiger partial charge in [-0.15, -0.1) is 12.4 Å². The minimum Gasteiger partial charge on any atom is -0.435 e. The second-order valence-corrected chi connectivity index (χ2v) is 6.34. The SMILES string of the molecule is Cl.N[C@@H]1CN(S(=O)(=O)c2ccc(OC(F)F)cc2)C[C@H]1O. The fraction of sp³-hybridized carbons (Fsp3) is 0.455. The van der Waals surface area contributed by atoms with Crippen LogP contribution < -0.4 is 10.5 Å². The molecule has 10 heteroatoms. The Morgan fingerprint density at radius 3 is 2.29 bits per heavy atom. The van der Waals surface area contributed by atoms with Gasteiger partial charge in [0.2, 0.25) is 10.0 Å². The fourth-order valence-corrected chi connectivity index (χ4v) is 3.41. The molecule has 1 saturated heterocycles. The van der Waals surface area contributed by atoms with Crippen molar-refractivity contribution in [1.82, 2.24) is 4.31 Å². The van der Waals surface area contributed by atoms with E-state index in [1.54, 1.807) is 0 Å². The third-order valence-electron chi connectivity index (χ3n) is 2.99. The van der Waals surface area contributed by atoms with Crippen molar-refractivity contribution in [3.63, 3.8) is 0 Å². The molecule has 1 aromatic rings. The van der Waals surface area contributed by atoms with Crippen LogP contribution in [-0.2, 0) is 10.0 Å². The number of nitrogens with two attached hydrogens (primary N) is 1. The van der Waals surface area contributed by atoms with Gasteiger partial charge < -0.3 is 15.6 Å². The predicted octanol–water partition coefficient (Wildman–Crippen LogP) is 0.402. The molecule has 0 aliphatic carbocycles. The zero-order chi connectivity index (χ0) is 14.9. The summed E-state index contributed by atoms with van der Waals surface area (Å²) in [7, 11) is -3.80. The highest BCUT2D eigenvalue weighted by molar-refractivity contribution is 7.89. The highest BCUT2D eigenvalue weighted by atomic mass is 35.5. The van der Waals surface area contributed by atoms with Gasteiger partial charge >= 0.3 is 6.61 Å². The molecule has 1 heterocycles. The van der Waals surface area contributed by atoms with Gasteiger partial charge in [-0.2, -0.15) is 13.1 Å². The quantitative estimate of drug-likeness (QED) is 0.825. The summed E-state index contributed by atoms with van der Waals surface area (Å²) in [5.41, 5.74) is 5.56. The van der Waals surface area contributed by atoms with Gasteiger partial charge in [-0.25, -0.2) is 8.42 Å². The Kier molecular flexibility index (Phi) is 5.88. The van der Waals surface area contributed by atoms with Crippen molar-refractivity contribution in [3.8, 4) is 5.75 Å². The molecule has 0 unspecified atom stereocenters. The van der Waals surface area contributed by atoms with Crippen LogP contribution >= 0.6 is 12.4 Å². The average molecular weight is 345 g/mol. The van der Waals surface area contributed by atoms with E-state index in [0.29, 0.717) is 0 Å². The van der Waals surface area contributed by atoms with E-state index in [1.807, 2.05) is 0 Å². The number of nitrogens with zero attached hydrogens (tertiary/aromatic N) is 1. The van der Waals surface area contributed by atoms with Crippen molar-refractivity contribution in [2.24, 2.45) is 5.73 Å². The van der Waals surface area contributed by atoms with E-state index < -0.39 is 28.8 Å². The topological polar surface area (TPSA) is 92.9 Å². The van der Waals surface area contributed by atoms with Crippen LogP contribution in [0.2, 0.25) is 0 Å². The maximum Gasteiger partial charge on any atom is 0.387 e. The number of sulfonamides is 1. The van der Waals surface area contributed by atoms with Crippen molar-refractivity contribution >= 4 is 22.4 Å². The average Bonchev–Trinajstić information content (AvgIpc) is 2.70. The number of alkyl halides is 2. The van der Waals surface area contributed by atoms with Gasteiger partial charge in [-0.3, -0.25) is 0 Å². The van der Waals surface area contributed by atoms with E-state index in [4.69, 9.17) is 5.73 Å². The van der Waals surface area contributed by atoms with Crippen molar-refractivity contribution in [1.29, 1.82) is 0 Å². The van der Waals surface area contributed by atoms with Crippen molar-refractivity contribution in [2.45, 2.75) is 23.7 Å². The Labute approximate surface area is 127 Å². The summed E-state index contributed by atoms with van der Waals surface area (Å²) in [5.74, 6) is -0.128. The molecule has 1 aliphatic heterocycles. The van der Waals surface area contributed by atoms with E-state index in [2.05, 4.69) is 4.74 Å². The number of β-amino-alcohol motifs (C(OH)–C–C–N with tert-alkyl or cyclic N) is 1. The first-order chi connectivity index (χ1) is 9.30. The van der Waals surface area contributed by atoms with Crippen LogP contribution in [0.25, 0.3) is 0 Å². The molecule has 3 N–H and O–H groups in total. The Bertz CT molecular complexity index is 560. The molecule has 0 spiro atoms. The summed E-state index contributed by atoms with van der Waals surface area (Å²) in [6.45, 7) is -3.04. The molecule has 0 saturated carbocycles. The molecule has 1 aromatic carbocycles. The summed E-state index contributed by atoms with van der Waals surface area (Å²) in [6.07, 6.45) is -0.911. The summed E-state index contributed by atoms with van der Waals surface area (Å²) in [6, 6.07) is 4.00. The lowest BCUT2D eigenvalue weighted by atomic mass is 10.2. The van der Waals surface area contributed by atoms with E-state index >= 15 is 0 Å². The first-order valence-corrected chi connectivity index (χ1v) is 7.23. The maximum absolute atomic E-state index is 12.2. The molecule has 0 bridgehead atoms. The molecule has 1 aliphatic rings. The lowest BCUT2D eigenvalue weighted by Crippen LogP contribution is -2.33. The van der Waals surface area contributed by atoms with Crippen LogP contribution in [0.3, 0.4) is 0 Å². The van der Waals surface area contributed by atoms with Gasteiger partial charge in [0.1, 0.15) is 5.75 Å². The van der Waals surface area contributed by atoms with Gasteiger partial charge in [0.25, 0.3) is 0 Å². The zero-order valence-corrected chi connectivity index (χ0v) is 12.4. The number of aliphatic hydroxyl groups excluding tert-OH is 1. The summed E-state index contributed by atoms with van der Waals surface area (Å²) >= 11 is 0. The van der Waals surface area contributed by atoms with Crippen LogP contribution in [-0.4, -0.2) is 49.7 Å². The molecule has 0 amide bonds. The van der Waals surface area contributed by atoms with Crippen molar-refractivity contribution < 1.29 is 27.0 Å². The zero-order valence-electron chi connectivity index (χ0n) is 10.7. The van der Waals surface area contributed by atoms with Gasteiger partial charge in [0.15, 0.2) is 0 Å². The second-order valence-electron chi connectivity index (χ2n) is 4.40. The third kappa shape index (κ3) is 4.01. The highest BCUT2D eigenvalue weighted by Gasteiger charge is 2.36. The number of rotatable bonds is 4. The highest BCUT2D eigenvalue weighted by Crippen LogP contribution is 2.23. The first-order valence-electron chi connectivity index (χ1n) is 5.79. The molecule has 6 nitrogen and oxygen atoms in total. The largest absolute Gasteiger partial charge is 0.435 e. The first kappa shape index (κ1) is 18.1. The number of benzene rings is 1. The van der Waals surface area contributed by atoms with Crippen molar-refractivity contribution in [3.05, 3.63) is 24.3 Å². The number of halogens is 3. The number of hydrogen-bond donors (Lipinski definition) is 2. The number of aliphatic hydroxyl groups is 1. The van der Waals surface area contributed by atoms with Crippen molar-refractivity contribution in [2.75, 3.05) is 13.1 Å². The molecular weight excluding hydrogens is 330 g/mol. The second kappa shape index (κ2) is 6.84. The standard InChI is InChI=1S/C11H14F2N2O4S.ClH/c12-11(13)19-7-1-3-8(4-2-7)20(17,18)15-5-9(14)10(16)6-15;/h1-4,9-11,16H,5-6,14H2;1H/t9-,10-;/m1./s1. The minimum atomic E-state index is -3.80. The molecule has 1 fully saturated rings. The Hall–Kier alpha value is -1.00. The van der Waals surface area contributed by atoms with E-state index in [0.717, 1.165) is 16.4 Å². The Morgan fingerprint density at radius 1 is 1.29 bits per heavy atom. The Balaban J connectivity index is 0.00000220. The smallest absolute Gasteiger partial charge is 0.387 e. The molecule has 120 valence electrons. The summed E-state index contributed by atoms with van der Waals surface area (Å²) < 4.78 is 53.7. The number of ether oxygens (including phenoxy) is 1. The third-order valence-corrected chi connectivity index (χ3v) is 4.83. The molecule has 2 rings (SSSR count). The number of hydrogen-bond acceptors (Lipinski definition) is 5. The molecular formula is C11H15ClF2N2O4S. The van der Waals surface area contributed by atoms with Crippen LogP contribution in [0, 0.1) is 0 Å². The van der Waals surface area contributed by atoms with E-state index in [1.165, 1.54) is 12.1 Å². The monoisotopic (exact) mass is 344 g/mol. The lowest BCUT2D eigenvalue weighted by Gasteiger charge is -2.16. The van der Waals surface area contributed by atoms with Gasteiger partial charge in [-0.1, -0.05) is 0 Å². The van der Waals surface area contributed by atoms with Gasteiger partial charge in [-0.05, 0) is 24.3 Å².